The van der Waals surface area contributed by atoms with Gasteiger partial charge >= 0.3 is 6.18 Å². The number of nitrogens with one attached hydrogen (secondary N) is 2. The van der Waals surface area contributed by atoms with E-state index in [9.17, 15) is 26.4 Å². The molecule has 0 radical (unpaired) electrons. The fourth-order valence-electron chi connectivity index (χ4n) is 4.59. The van der Waals surface area contributed by atoms with Crippen molar-refractivity contribution in [2.24, 2.45) is 11.3 Å². The zero-order chi connectivity index (χ0) is 20.9. The van der Waals surface area contributed by atoms with Gasteiger partial charge in [-0.3, -0.25) is 9.69 Å². The average Bonchev–Trinajstić information content (AvgIpc) is 3.19. The molecule has 3 saturated heterocycles. The first-order valence-corrected chi connectivity index (χ1v) is 11.3. The number of halogens is 3. The average molecular weight is 436 g/mol. The highest BCUT2D eigenvalue weighted by Crippen LogP contribution is 2.45. The molecule has 3 fully saturated rings. The molecule has 1 aromatic heterocycles. The van der Waals surface area contributed by atoms with Crippen molar-refractivity contribution in [3.05, 3.63) is 17.7 Å². The second-order valence-corrected chi connectivity index (χ2v) is 10.4. The molecule has 0 bridgehead atoms. The lowest BCUT2D eigenvalue weighted by Crippen LogP contribution is -2.56. The van der Waals surface area contributed by atoms with Crippen molar-refractivity contribution in [3.8, 4) is 0 Å². The molecule has 12 heteroatoms. The van der Waals surface area contributed by atoms with Crippen LogP contribution in [0.15, 0.2) is 6.20 Å². The van der Waals surface area contributed by atoms with Crippen LogP contribution in [0.1, 0.15) is 24.4 Å². The van der Waals surface area contributed by atoms with Crippen LogP contribution in [0, 0.1) is 11.3 Å². The Kier molecular flexibility index (Phi) is 5.14. The molecule has 4 rings (SSSR count). The Bertz CT molecular complexity index is 867. The van der Waals surface area contributed by atoms with Gasteiger partial charge in [-0.2, -0.15) is 13.2 Å². The summed E-state index contributed by atoms with van der Waals surface area (Å²) in [6.07, 6.45) is -2.35. The lowest BCUT2D eigenvalue weighted by Gasteiger charge is -2.38. The van der Waals surface area contributed by atoms with Gasteiger partial charge in [0.25, 0.3) is 0 Å². The normalized spacial score (nSPS) is 27.1. The van der Waals surface area contributed by atoms with Gasteiger partial charge in [0.15, 0.2) is 9.84 Å². The van der Waals surface area contributed by atoms with Gasteiger partial charge in [-0.1, -0.05) is 0 Å². The van der Waals surface area contributed by atoms with Crippen molar-refractivity contribution in [1.82, 2.24) is 20.2 Å². The fraction of sp³-hybridized carbons (Fsp3) is 0.765. The topological polar surface area (TPSA) is 104 Å². The number of aromatic nitrogens is 2. The summed E-state index contributed by atoms with van der Waals surface area (Å²) in [5.74, 6) is -0.447. The minimum absolute atomic E-state index is 0.0438. The third kappa shape index (κ3) is 4.29. The van der Waals surface area contributed by atoms with Gasteiger partial charge < -0.3 is 15.0 Å². The molecule has 3 aliphatic rings. The summed E-state index contributed by atoms with van der Waals surface area (Å²) in [5, 5.41) is 2.84. The predicted octanol–water partition coefficient (Wildman–Crippen LogP) is 0.570. The molecule has 162 valence electrons. The smallest absolute Gasteiger partial charge is 0.381 e. The number of aromatic amines is 1. The highest BCUT2D eigenvalue weighted by atomic mass is 32.2. The van der Waals surface area contributed by atoms with Crippen LogP contribution in [0.25, 0.3) is 0 Å². The Hall–Kier alpha value is -1.66. The molecule has 0 aromatic carbocycles. The highest BCUT2D eigenvalue weighted by molar-refractivity contribution is 7.92. The second-order valence-electron chi connectivity index (χ2n) is 8.22. The summed E-state index contributed by atoms with van der Waals surface area (Å²) in [4.78, 5) is 21.0. The van der Waals surface area contributed by atoms with E-state index in [-0.39, 0.29) is 47.2 Å². The van der Waals surface area contributed by atoms with Crippen molar-refractivity contribution in [3.63, 3.8) is 0 Å². The number of rotatable bonds is 4. The van der Waals surface area contributed by atoms with E-state index in [0.29, 0.717) is 39.1 Å². The standard InChI is InChI=1S/C17H23F3N4O4S/c18-17(19,20)13-5-21-14(23-13)7-24-6-12(16(10-24)1-3-28-4-2-16)15(25)22-11-8-29(26,27)9-11/h5,11-12H,1-4,6-10H2,(H,21,23)(H,22,25). The van der Waals surface area contributed by atoms with Gasteiger partial charge in [-0.25, -0.2) is 13.4 Å². The molecular formula is C17H23F3N4O4S. The van der Waals surface area contributed by atoms with E-state index in [2.05, 4.69) is 15.3 Å². The summed E-state index contributed by atoms with van der Waals surface area (Å²) < 4.78 is 66.5. The van der Waals surface area contributed by atoms with Crippen molar-refractivity contribution < 1.29 is 31.1 Å². The van der Waals surface area contributed by atoms with Crippen LogP contribution >= 0.6 is 0 Å². The zero-order valence-electron chi connectivity index (χ0n) is 15.7. The van der Waals surface area contributed by atoms with Crippen molar-refractivity contribution in [2.75, 3.05) is 37.8 Å². The first-order valence-electron chi connectivity index (χ1n) is 9.48. The Morgan fingerprint density at radius 3 is 2.62 bits per heavy atom. The maximum Gasteiger partial charge on any atom is 0.432 e. The molecule has 29 heavy (non-hydrogen) atoms. The first-order chi connectivity index (χ1) is 13.6. The number of hydrogen-bond acceptors (Lipinski definition) is 6. The monoisotopic (exact) mass is 436 g/mol. The molecule has 4 heterocycles. The molecule has 2 N–H and O–H groups in total. The molecule has 1 unspecified atom stereocenters. The van der Waals surface area contributed by atoms with Crippen LogP contribution in [0.3, 0.4) is 0 Å². The molecule has 1 aromatic rings. The van der Waals surface area contributed by atoms with Gasteiger partial charge in [0, 0.05) is 31.7 Å². The Balaban J connectivity index is 1.45. The SMILES string of the molecule is O=C(NC1CS(=O)(=O)C1)C1CN(Cc2ncc(C(F)(F)F)[nH]2)CC12CCOCC2. The molecule has 0 saturated carbocycles. The van der Waals surface area contributed by atoms with Gasteiger partial charge in [0.1, 0.15) is 11.5 Å². The Labute approximate surface area is 166 Å². The van der Waals surface area contributed by atoms with Crippen LogP contribution in [0.4, 0.5) is 13.2 Å². The molecule has 1 amide bonds. The van der Waals surface area contributed by atoms with E-state index in [1.54, 1.807) is 0 Å². The number of H-pyrrole nitrogens is 1. The summed E-state index contributed by atoms with van der Waals surface area (Å²) in [7, 11) is -3.04. The number of ether oxygens (including phenoxy) is 1. The molecular weight excluding hydrogens is 413 g/mol. The first kappa shape index (κ1) is 20.6. The van der Waals surface area contributed by atoms with E-state index in [1.807, 2.05) is 4.90 Å². The predicted molar refractivity (Wildman–Crippen MR) is 95.4 cm³/mol. The number of likely N-dealkylation sites (tertiary alicyclic amines) is 1. The third-order valence-corrected chi connectivity index (χ3v) is 7.91. The largest absolute Gasteiger partial charge is 0.432 e. The van der Waals surface area contributed by atoms with E-state index in [1.165, 1.54) is 0 Å². The van der Waals surface area contributed by atoms with Gasteiger partial charge in [0.2, 0.25) is 5.91 Å². The summed E-state index contributed by atoms with van der Waals surface area (Å²) in [6.45, 7) is 2.16. The van der Waals surface area contributed by atoms with Crippen LogP contribution in [-0.2, 0) is 32.1 Å². The van der Waals surface area contributed by atoms with Crippen molar-refractivity contribution in [2.45, 2.75) is 31.6 Å². The maximum atomic E-state index is 12.9. The van der Waals surface area contributed by atoms with E-state index < -0.39 is 21.7 Å². The van der Waals surface area contributed by atoms with E-state index >= 15 is 0 Å². The lowest BCUT2D eigenvalue weighted by atomic mass is 9.71. The van der Waals surface area contributed by atoms with Crippen LogP contribution < -0.4 is 5.32 Å². The molecule has 8 nitrogen and oxygen atoms in total. The molecule has 3 aliphatic heterocycles. The van der Waals surface area contributed by atoms with E-state index in [4.69, 9.17) is 4.74 Å². The number of amides is 1. The van der Waals surface area contributed by atoms with Gasteiger partial charge in [-0.15, -0.1) is 0 Å². The Morgan fingerprint density at radius 2 is 2.03 bits per heavy atom. The number of nitrogens with zero attached hydrogens (tertiary/aromatic N) is 2. The minimum atomic E-state index is -4.48. The zero-order valence-corrected chi connectivity index (χ0v) is 16.5. The fourth-order valence-corrected chi connectivity index (χ4v) is 5.88. The number of imidazole rings is 1. The Morgan fingerprint density at radius 1 is 1.34 bits per heavy atom. The van der Waals surface area contributed by atoms with Crippen molar-refractivity contribution >= 4 is 15.7 Å². The maximum absolute atomic E-state index is 12.9. The van der Waals surface area contributed by atoms with Gasteiger partial charge in [-0.05, 0) is 12.8 Å². The highest BCUT2D eigenvalue weighted by Gasteiger charge is 2.51. The van der Waals surface area contributed by atoms with Crippen LogP contribution in [0.2, 0.25) is 0 Å². The molecule has 1 atom stereocenters. The number of sulfone groups is 1. The lowest BCUT2D eigenvalue weighted by molar-refractivity contribution is -0.141. The van der Waals surface area contributed by atoms with Crippen molar-refractivity contribution in [1.29, 1.82) is 0 Å². The summed E-state index contributed by atoms with van der Waals surface area (Å²) in [6, 6.07) is -0.363. The van der Waals surface area contributed by atoms with Crippen LogP contribution in [0.5, 0.6) is 0 Å². The molecule has 0 aliphatic carbocycles. The minimum Gasteiger partial charge on any atom is -0.381 e. The number of carbonyl (C=O) groups excluding carboxylic acids is 1. The number of carbonyl (C=O) groups is 1. The summed E-state index contributed by atoms with van der Waals surface area (Å²) >= 11 is 0. The summed E-state index contributed by atoms with van der Waals surface area (Å²) in [5.41, 5.74) is -1.22. The van der Waals surface area contributed by atoms with Crippen LogP contribution in [-0.4, -0.2) is 73.0 Å². The molecule has 1 spiro atoms. The number of alkyl halides is 3. The third-order valence-electron chi connectivity index (χ3n) is 6.09. The van der Waals surface area contributed by atoms with E-state index in [0.717, 1.165) is 6.20 Å². The number of hydrogen-bond donors (Lipinski definition) is 2. The van der Waals surface area contributed by atoms with Gasteiger partial charge in [0.05, 0.1) is 36.2 Å². The second kappa shape index (κ2) is 7.24. The quantitative estimate of drug-likeness (QED) is 0.715.